The van der Waals surface area contributed by atoms with Gasteiger partial charge in [-0.3, -0.25) is 0 Å². The minimum absolute atomic E-state index is 0.116. The fourth-order valence-electron chi connectivity index (χ4n) is 2.82. The van der Waals surface area contributed by atoms with Crippen LogP contribution < -0.4 is 10.5 Å². The lowest BCUT2D eigenvalue weighted by Gasteiger charge is -2.35. The number of hydrogen-bond donors (Lipinski definition) is 2. The summed E-state index contributed by atoms with van der Waals surface area (Å²) in [6.07, 6.45) is 3.62. The van der Waals surface area contributed by atoms with Crippen LogP contribution in [0.1, 0.15) is 39.5 Å². The van der Waals surface area contributed by atoms with Crippen LogP contribution in [0.3, 0.4) is 0 Å². The molecule has 0 bridgehead atoms. The van der Waals surface area contributed by atoms with E-state index >= 15 is 0 Å². The Balaban J connectivity index is 2.19. The Morgan fingerprint density at radius 3 is 2.70 bits per heavy atom. The van der Waals surface area contributed by atoms with Crippen LogP contribution >= 0.6 is 0 Å². The van der Waals surface area contributed by atoms with E-state index in [1.807, 2.05) is 0 Å². The van der Waals surface area contributed by atoms with Crippen molar-refractivity contribution in [1.29, 1.82) is 0 Å². The minimum Gasteiger partial charge on any atom is -0.399 e. The molecule has 0 amide bonds. The number of anilines is 1. The summed E-state index contributed by atoms with van der Waals surface area (Å²) in [7, 11) is -3.84. The minimum atomic E-state index is -3.84. The van der Waals surface area contributed by atoms with Crippen molar-refractivity contribution in [2.24, 2.45) is 5.41 Å². The van der Waals surface area contributed by atoms with Gasteiger partial charge < -0.3 is 5.73 Å². The summed E-state index contributed by atoms with van der Waals surface area (Å²) in [5.74, 6) is -0.812. The number of hydrogen-bond acceptors (Lipinski definition) is 3. The lowest BCUT2D eigenvalue weighted by molar-refractivity contribution is 0.212. The molecule has 1 aliphatic carbocycles. The molecule has 1 aliphatic rings. The molecule has 0 saturated heterocycles. The van der Waals surface area contributed by atoms with E-state index in [2.05, 4.69) is 18.6 Å². The van der Waals surface area contributed by atoms with Gasteiger partial charge in [-0.05, 0) is 42.9 Å². The standard InChI is InChI=1S/C14H21FN2O2S/c1-14(2)7-3-4-11(9-14)17-20(18,19)13-6-5-10(16)8-12(13)15/h5-6,8,11,17H,3-4,7,9,16H2,1-2H3. The molecule has 0 spiro atoms. The van der Waals surface area contributed by atoms with Gasteiger partial charge in [0.15, 0.2) is 0 Å². The molecule has 3 N–H and O–H groups in total. The Kier molecular flexibility index (Phi) is 4.07. The molecule has 1 aromatic carbocycles. The molecular weight excluding hydrogens is 279 g/mol. The van der Waals surface area contributed by atoms with E-state index in [1.165, 1.54) is 12.1 Å². The van der Waals surface area contributed by atoms with Crippen molar-refractivity contribution >= 4 is 15.7 Å². The van der Waals surface area contributed by atoms with E-state index in [9.17, 15) is 12.8 Å². The Morgan fingerprint density at radius 1 is 1.40 bits per heavy atom. The SMILES string of the molecule is CC1(C)CCCC(NS(=O)(=O)c2ccc(N)cc2F)C1. The van der Waals surface area contributed by atoms with Crippen LogP contribution in [-0.4, -0.2) is 14.5 Å². The molecule has 0 heterocycles. The Hall–Kier alpha value is -1.14. The molecule has 1 atom stereocenters. The number of benzene rings is 1. The first-order valence-electron chi connectivity index (χ1n) is 6.77. The van der Waals surface area contributed by atoms with Crippen molar-refractivity contribution in [1.82, 2.24) is 4.72 Å². The van der Waals surface area contributed by atoms with Crippen LogP contribution in [0.25, 0.3) is 0 Å². The second-order valence-electron chi connectivity index (χ2n) is 6.27. The highest BCUT2D eigenvalue weighted by atomic mass is 32.2. The van der Waals surface area contributed by atoms with Crippen molar-refractivity contribution in [2.45, 2.75) is 50.5 Å². The molecule has 1 unspecified atom stereocenters. The number of nitrogens with one attached hydrogen (secondary N) is 1. The van der Waals surface area contributed by atoms with Gasteiger partial charge in [0.25, 0.3) is 0 Å². The summed E-state index contributed by atoms with van der Waals surface area (Å²) >= 11 is 0. The zero-order chi connectivity index (χ0) is 15.0. The molecule has 112 valence electrons. The lowest BCUT2D eigenvalue weighted by Crippen LogP contribution is -2.40. The van der Waals surface area contributed by atoms with Crippen molar-refractivity contribution in [2.75, 3.05) is 5.73 Å². The zero-order valence-corrected chi connectivity index (χ0v) is 12.6. The van der Waals surface area contributed by atoms with E-state index in [-0.39, 0.29) is 22.0 Å². The first-order chi connectivity index (χ1) is 9.20. The fourth-order valence-corrected chi connectivity index (χ4v) is 4.15. The van der Waals surface area contributed by atoms with Gasteiger partial charge in [-0.25, -0.2) is 17.5 Å². The van der Waals surface area contributed by atoms with Gasteiger partial charge in [-0.1, -0.05) is 20.3 Å². The van der Waals surface area contributed by atoms with E-state index in [1.54, 1.807) is 0 Å². The van der Waals surface area contributed by atoms with Gasteiger partial charge in [0.1, 0.15) is 10.7 Å². The van der Waals surface area contributed by atoms with Crippen LogP contribution in [0.15, 0.2) is 23.1 Å². The quantitative estimate of drug-likeness (QED) is 0.843. The highest BCUT2D eigenvalue weighted by Crippen LogP contribution is 2.35. The molecular formula is C14H21FN2O2S. The molecule has 1 saturated carbocycles. The third kappa shape index (κ3) is 3.49. The summed E-state index contributed by atoms with van der Waals surface area (Å²) in [6.45, 7) is 4.24. The maximum atomic E-state index is 13.8. The van der Waals surface area contributed by atoms with Crippen LogP contribution in [-0.2, 0) is 10.0 Å². The topological polar surface area (TPSA) is 72.2 Å². The summed E-state index contributed by atoms with van der Waals surface area (Å²) in [5, 5.41) is 0. The molecule has 0 aliphatic heterocycles. The van der Waals surface area contributed by atoms with Crippen molar-refractivity contribution in [3.8, 4) is 0 Å². The molecule has 0 aromatic heterocycles. The molecule has 1 aromatic rings. The van der Waals surface area contributed by atoms with Gasteiger partial charge in [0.05, 0.1) is 0 Å². The molecule has 6 heteroatoms. The van der Waals surface area contributed by atoms with Crippen LogP contribution in [0.5, 0.6) is 0 Å². The number of nitrogens with two attached hydrogens (primary N) is 1. The first-order valence-corrected chi connectivity index (χ1v) is 8.25. The normalized spacial score (nSPS) is 22.6. The van der Waals surface area contributed by atoms with Crippen LogP contribution in [0, 0.1) is 11.2 Å². The number of rotatable bonds is 3. The second kappa shape index (κ2) is 5.33. The van der Waals surface area contributed by atoms with Crippen molar-refractivity contribution in [3.05, 3.63) is 24.0 Å². The zero-order valence-electron chi connectivity index (χ0n) is 11.8. The number of sulfonamides is 1. The Labute approximate surface area is 119 Å². The first kappa shape index (κ1) is 15.3. The third-order valence-electron chi connectivity index (χ3n) is 3.77. The smallest absolute Gasteiger partial charge is 0.243 e. The monoisotopic (exact) mass is 300 g/mol. The summed E-state index contributed by atoms with van der Waals surface area (Å²) in [5.41, 5.74) is 5.76. The summed E-state index contributed by atoms with van der Waals surface area (Å²) in [6, 6.07) is 3.49. The van der Waals surface area contributed by atoms with Crippen molar-refractivity contribution in [3.63, 3.8) is 0 Å². The van der Waals surface area contributed by atoms with Crippen molar-refractivity contribution < 1.29 is 12.8 Å². The number of halogens is 1. The molecule has 1 fully saturated rings. The van der Waals surface area contributed by atoms with Gasteiger partial charge in [-0.15, -0.1) is 0 Å². The predicted octanol–water partition coefficient (Wildman–Crippen LogP) is 2.66. The van der Waals surface area contributed by atoms with Gasteiger partial charge in [0, 0.05) is 11.7 Å². The van der Waals surface area contributed by atoms with E-state index in [0.29, 0.717) is 0 Å². The molecule has 20 heavy (non-hydrogen) atoms. The van der Waals surface area contributed by atoms with Gasteiger partial charge in [-0.2, -0.15) is 0 Å². The maximum absolute atomic E-state index is 13.8. The van der Waals surface area contributed by atoms with E-state index in [0.717, 1.165) is 31.7 Å². The molecule has 0 radical (unpaired) electrons. The third-order valence-corrected chi connectivity index (χ3v) is 5.33. The average molecular weight is 300 g/mol. The Morgan fingerprint density at radius 2 is 2.10 bits per heavy atom. The second-order valence-corrected chi connectivity index (χ2v) is 7.95. The summed E-state index contributed by atoms with van der Waals surface area (Å²) in [4.78, 5) is -0.338. The average Bonchev–Trinajstić information content (AvgIpc) is 2.25. The largest absolute Gasteiger partial charge is 0.399 e. The lowest BCUT2D eigenvalue weighted by atomic mass is 9.75. The predicted molar refractivity (Wildman–Crippen MR) is 77.2 cm³/mol. The maximum Gasteiger partial charge on any atom is 0.243 e. The fraction of sp³-hybridized carbons (Fsp3) is 0.571. The van der Waals surface area contributed by atoms with Crippen LogP contribution in [0.4, 0.5) is 10.1 Å². The van der Waals surface area contributed by atoms with E-state index < -0.39 is 15.8 Å². The highest BCUT2D eigenvalue weighted by molar-refractivity contribution is 7.89. The molecule has 4 nitrogen and oxygen atoms in total. The van der Waals surface area contributed by atoms with Gasteiger partial charge >= 0.3 is 0 Å². The molecule has 2 rings (SSSR count). The van der Waals surface area contributed by atoms with E-state index in [4.69, 9.17) is 5.73 Å². The van der Waals surface area contributed by atoms with Gasteiger partial charge in [0.2, 0.25) is 10.0 Å². The summed E-state index contributed by atoms with van der Waals surface area (Å²) < 4.78 is 40.9. The van der Waals surface area contributed by atoms with Crippen LogP contribution in [0.2, 0.25) is 0 Å². The Bertz CT molecular complexity index is 599. The highest BCUT2D eigenvalue weighted by Gasteiger charge is 2.31. The number of nitrogen functional groups attached to an aromatic ring is 1.